The van der Waals surface area contributed by atoms with E-state index in [-0.39, 0.29) is 5.69 Å². The molecule has 20 heavy (non-hydrogen) atoms. The molecule has 2 aromatic heterocycles. The van der Waals surface area contributed by atoms with E-state index in [1.54, 1.807) is 10.6 Å². The van der Waals surface area contributed by atoms with Crippen LogP contribution in [0.25, 0.3) is 5.65 Å². The maximum atomic E-state index is 12.2. The molecule has 0 atom stereocenters. The fraction of sp³-hybridized carbons (Fsp3) is 0.200. The standard InChI is InChI=1S/C15H16N4O/c1-11-8-12(9-16)5-6-13(11)10-19-15(20)18-7-3-2-4-14(18)17-19/h2-8H,9-10,16H2,1H3. The number of aromatic nitrogens is 3. The summed E-state index contributed by atoms with van der Waals surface area (Å²) in [7, 11) is 0. The van der Waals surface area contributed by atoms with Crippen LogP contribution in [0.15, 0.2) is 47.4 Å². The van der Waals surface area contributed by atoms with Gasteiger partial charge in [0.25, 0.3) is 0 Å². The van der Waals surface area contributed by atoms with Crippen LogP contribution in [0.1, 0.15) is 16.7 Å². The molecule has 0 fully saturated rings. The first-order chi connectivity index (χ1) is 9.69. The highest BCUT2D eigenvalue weighted by Gasteiger charge is 2.08. The molecule has 0 radical (unpaired) electrons. The quantitative estimate of drug-likeness (QED) is 0.779. The van der Waals surface area contributed by atoms with Crippen molar-refractivity contribution in [2.45, 2.75) is 20.0 Å². The van der Waals surface area contributed by atoms with Crippen LogP contribution < -0.4 is 11.4 Å². The number of pyridine rings is 1. The second kappa shape index (κ2) is 4.94. The summed E-state index contributed by atoms with van der Waals surface area (Å²) in [6, 6.07) is 11.6. The highest BCUT2D eigenvalue weighted by molar-refractivity contribution is 5.36. The largest absolute Gasteiger partial charge is 0.350 e. The maximum absolute atomic E-state index is 12.2. The number of fused-ring (bicyclic) bond motifs is 1. The maximum Gasteiger partial charge on any atom is 0.350 e. The van der Waals surface area contributed by atoms with Gasteiger partial charge in [-0.1, -0.05) is 24.3 Å². The zero-order valence-electron chi connectivity index (χ0n) is 11.3. The smallest absolute Gasteiger partial charge is 0.326 e. The Balaban J connectivity index is 2.01. The van der Waals surface area contributed by atoms with Gasteiger partial charge in [0.15, 0.2) is 5.65 Å². The van der Waals surface area contributed by atoms with Crippen molar-refractivity contribution in [3.8, 4) is 0 Å². The second-order valence-corrected chi connectivity index (χ2v) is 4.83. The zero-order valence-corrected chi connectivity index (χ0v) is 11.3. The Labute approximate surface area is 116 Å². The Morgan fingerprint density at radius 2 is 2.10 bits per heavy atom. The molecule has 0 unspecified atom stereocenters. The molecule has 102 valence electrons. The lowest BCUT2D eigenvalue weighted by atomic mass is 10.1. The molecule has 0 bridgehead atoms. The van der Waals surface area contributed by atoms with Crippen LogP contribution in [0.3, 0.4) is 0 Å². The Bertz CT molecular complexity index is 816. The normalized spacial score (nSPS) is 11.1. The molecule has 3 aromatic rings. The van der Waals surface area contributed by atoms with Gasteiger partial charge in [-0.3, -0.25) is 4.40 Å². The number of rotatable bonds is 3. The van der Waals surface area contributed by atoms with E-state index in [9.17, 15) is 4.79 Å². The third-order valence-corrected chi connectivity index (χ3v) is 3.45. The van der Waals surface area contributed by atoms with Crippen LogP contribution in [0.5, 0.6) is 0 Å². The Kier molecular flexibility index (Phi) is 3.12. The van der Waals surface area contributed by atoms with Gasteiger partial charge in [0.05, 0.1) is 6.54 Å². The molecule has 3 rings (SSSR count). The van der Waals surface area contributed by atoms with Gasteiger partial charge < -0.3 is 5.73 Å². The van der Waals surface area contributed by atoms with E-state index in [0.29, 0.717) is 18.7 Å². The SMILES string of the molecule is Cc1cc(CN)ccc1Cn1nc2ccccn2c1=O. The first kappa shape index (κ1) is 12.6. The molecule has 0 spiro atoms. The number of nitrogens with zero attached hydrogens (tertiary/aromatic N) is 3. The average molecular weight is 268 g/mol. The minimum Gasteiger partial charge on any atom is -0.326 e. The number of nitrogens with two attached hydrogens (primary N) is 1. The molecule has 5 heteroatoms. The highest BCUT2D eigenvalue weighted by Crippen LogP contribution is 2.11. The van der Waals surface area contributed by atoms with E-state index in [1.807, 2.05) is 37.3 Å². The molecule has 0 aliphatic rings. The molecule has 0 aliphatic heterocycles. The van der Waals surface area contributed by atoms with Crippen molar-refractivity contribution in [2.75, 3.05) is 0 Å². The highest BCUT2D eigenvalue weighted by atomic mass is 16.2. The molecule has 0 saturated carbocycles. The molecular formula is C15H16N4O. The second-order valence-electron chi connectivity index (χ2n) is 4.83. The lowest BCUT2D eigenvalue weighted by molar-refractivity contribution is 0.656. The minimum absolute atomic E-state index is 0.122. The van der Waals surface area contributed by atoms with Gasteiger partial charge in [0, 0.05) is 12.7 Å². The molecule has 0 amide bonds. The average Bonchev–Trinajstić information content (AvgIpc) is 2.78. The minimum atomic E-state index is -0.122. The van der Waals surface area contributed by atoms with Gasteiger partial charge >= 0.3 is 5.69 Å². The predicted octanol–water partition coefficient (Wildman–Crippen LogP) is 1.31. The zero-order chi connectivity index (χ0) is 14.1. The summed E-state index contributed by atoms with van der Waals surface area (Å²) in [6.45, 7) is 3.02. The van der Waals surface area contributed by atoms with E-state index in [4.69, 9.17) is 5.73 Å². The van der Waals surface area contributed by atoms with Crippen molar-refractivity contribution in [1.29, 1.82) is 0 Å². The first-order valence-corrected chi connectivity index (χ1v) is 6.52. The van der Waals surface area contributed by atoms with Crippen molar-refractivity contribution in [2.24, 2.45) is 5.73 Å². The summed E-state index contributed by atoms with van der Waals surface area (Å²) in [4.78, 5) is 12.2. The number of benzene rings is 1. The summed E-state index contributed by atoms with van der Waals surface area (Å²) < 4.78 is 3.03. The van der Waals surface area contributed by atoms with Crippen LogP contribution >= 0.6 is 0 Å². The fourth-order valence-electron chi connectivity index (χ4n) is 2.29. The van der Waals surface area contributed by atoms with Crippen LogP contribution in [0.4, 0.5) is 0 Å². The molecular weight excluding hydrogens is 252 g/mol. The van der Waals surface area contributed by atoms with Crippen molar-refractivity contribution in [1.82, 2.24) is 14.2 Å². The van der Waals surface area contributed by atoms with Crippen LogP contribution in [0, 0.1) is 6.92 Å². The van der Waals surface area contributed by atoms with Gasteiger partial charge in [-0.05, 0) is 35.7 Å². The third kappa shape index (κ3) is 2.12. The monoisotopic (exact) mass is 268 g/mol. The van der Waals surface area contributed by atoms with Crippen LogP contribution in [-0.4, -0.2) is 14.2 Å². The summed E-state index contributed by atoms with van der Waals surface area (Å²) in [5.41, 5.74) is 9.45. The van der Waals surface area contributed by atoms with Gasteiger partial charge in [0.2, 0.25) is 0 Å². The molecule has 0 saturated heterocycles. The van der Waals surface area contributed by atoms with Crippen LogP contribution in [-0.2, 0) is 13.1 Å². The molecule has 5 nitrogen and oxygen atoms in total. The van der Waals surface area contributed by atoms with Crippen molar-refractivity contribution >= 4 is 5.65 Å². The van der Waals surface area contributed by atoms with Gasteiger partial charge in [-0.2, -0.15) is 0 Å². The summed E-state index contributed by atoms with van der Waals surface area (Å²) >= 11 is 0. The lowest BCUT2D eigenvalue weighted by Crippen LogP contribution is -2.22. The van der Waals surface area contributed by atoms with Crippen molar-refractivity contribution < 1.29 is 0 Å². The summed E-state index contributed by atoms with van der Waals surface area (Å²) in [5, 5.41) is 4.33. The summed E-state index contributed by atoms with van der Waals surface area (Å²) in [5.74, 6) is 0. The number of hydrogen-bond donors (Lipinski definition) is 1. The predicted molar refractivity (Wildman–Crippen MR) is 77.6 cm³/mol. The van der Waals surface area contributed by atoms with E-state index < -0.39 is 0 Å². The molecule has 2 heterocycles. The third-order valence-electron chi connectivity index (χ3n) is 3.45. The van der Waals surface area contributed by atoms with Gasteiger partial charge in [-0.25, -0.2) is 9.48 Å². The van der Waals surface area contributed by atoms with Crippen LogP contribution in [0.2, 0.25) is 0 Å². The van der Waals surface area contributed by atoms with E-state index in [2.05, 4.69) is 11.2 Å². The Morgan fingerprint density at radius 3 is 2.80 bits per heavy atom. The molecule has 0 aliphatic carbocycles. The van der Waals surface area contributed by atoms with Gasteiger partial charge in [0.1, 0.15) is 0 Å². The Morgan fingerprint density at radius 1 is 1.25 bits per heavy atom. The van der Waals surface area contributed by atoms with Gasteiger partial charge in [-0.15, -0.1) is 5.10 Å². The molecule has 2 N–H and O–H groups in total. The lowest BCUT2D eigenvalue weighted by Gasteiger charge is -2.07. The topological polar surface area (TPSA) is 65.3 Å². The van der Waals surface area contributed by atoms with Crippen molar-refractivity contribution in [3.63, 3.8) is 0 Å². The van der Waals surface area contributed by atoms with Crippen molar-refractivity contribution in [3.05, 3.63) is 69.8 Å². The van der Waals surface area contributed by atoms with E-state index >= 15 is 0 Å². The number of hydrogen-bond acceptors (Lipinski definition) is 3. The number of aryl methyl sites for hydroxylation is 1. The van der Waals surface area contributed by atoms with E-state index in [1.165, 1.54) is 4.68 Å². The summed E-state index contributed by atoms with van der Waals surface area (Å²) in [6.07, 6.45) is 1.73. The fourth-order valence-corrected chi connectivity index (χ4v) is 2.29. The Hall–Kier alpha value is -2.40. The molecule has 1 aromatic carbocycles. The van der Waals surface area contributed by atoms with E-state index in [0.717, 1.165) is 16.7 Å². The first-order valence-electron chi connectivity index (χ1n) is 6.52.